The van der Waals surface area contributed by atoms with Crippen molar-refractivity contribution in [3.05, 3.63) is 32.6 Å². The Labute approximate surface area is 117 Å². The monoisotopic (exact) mass is 281 g/mol. The third kappa shape index (κ3) is 3.58. The average Bonchev–Trinajstić information content (AvgIpc) is 2.38. The molecule has 1 aliphatic heterocycles. The molecule has 6 nitrogen and oxygen atoms in total. The molecule has 112 valence electrons. The molecule has 2 heterocycles. The third-order valence-corrected chi connectivity index (χ3v) is 4.07. The molecule has 0 bridgehead atoms. The molecule has 0 radical (unpaired) electrons. The van der Waals surface area contributed by atoms with Crippen LogP contribution in [0.1, 0.15) is 38.3 Å². The average molecular weight is 281 g/mol. The zero-order chi connectivity index (χ0) is 14.6. The smallest absolute Gasteiger partial charge is 0.325 e. The number of aliphatic hydroxyl groups is 1. The lowest BCUT2D eigenvalue weighted by atomic mass is 9.77. The van der Waals surface area contributed by atoms with Crippen molar-refractivity contribution >= 4 is 0 Å². The number of aliphatic hydroxyl groups excluding tert-OH is 1. The summed E-state index contributed by atoms with van der Waals surface area (Å²) in [6.45, 7) is 4.62. The summed E-state index contributed by atoms with van der Waals surface area (Å²) in [5.74, 6) is 0. The molecule has 0 spiro atoms. The van der Waals surface area contributed by atoms with Gasteiger partial charge in [-0.15, -0.1) is 0 Å². The van der Waals surface area contributed by atoms with Gasteiger partial charge in [0.15, 0.2) is 0 Å². The van der Waals surface area contributed by atoms with E-state index in [0.717, 1.165) is 38.8 Å². The minimum absolute atomic E-state index is 0.0332. The van der Waals surface area contributed by atoms with Crippen molar-refractivity contribution < 1.29 is 5.11 Å². The van der Waals surface area contributed by atoms with Gasteiger partial charge >= 0.3 is 5.69 Å². The second-order valence-corrected chi connectivity index (χ2v) is 5.84. The molecule has 0 unspecified atom stereocenters. The second kappa shape index (κ2) is 6.37. The maximum absolute atomic E-state index is 11.3. The standard InChI is InChI=1S/C14H23N3O3/c1-2-4-14(10-18)5-3-6-17(9-14)8-11-7-12(19)16-13(20)15-11/h7,18H,2-6,8-10H2,1H3,(H2,15,16,19,20)/t14-/m0/s1. The van der Waals surface area contributed by atoms with Crippen LogP contribution in [0.25, 0.3) is 0 Å². The van der Waals surface area contributed by atoms with Gasteiger partial charge < -0.3 is 10.1 Å². The van der Waals surface area contributed by atoms with E-state index in [9.17, 15) is 14.7 Å². The molecule has 3 N–H and O–H groups in total. The molecule has 1 saturated heterocycles. The van der Waals surface area contributed by atoms with Crippen molar-refractivity contribution in [1.29, 1.82) is 0 Å². The normalized spacial score (nSPS) is 23.9. The van der Waals surface area contributed by atoms with Crippen LogP contribution in [0.5, 0.6) is 0 Å². The molecule has 0 aliphatic carbocycles. The molecule has 20 heavy (non-hydrogen) atoms. The highest BCUT2D eigenvalue weighted by molar-refractivity contribution is 4.99. The van der Waals surface area contributed by atoms with Crippen LogP contribution >= 0.6 is 0 Å². The number of H-pyrrole nitrogens is 2. The quantitative estimate of drug-likeness (QED) is 0.730. The van der Waals surface area contributed by atoms with E-state index in [4.69, 9.17) is 0 Å². The van der Waals surface area contributed by atoms with Gasteiger partial charge in [0.25, 0.3) is 5.56 Å². The van der Waals surface area contributed by atoms with Gasteiger partial charge in [-0.1, -0.05) is 13.3 Å². The number of hydrogen-bond acceptors (Lipinski definition) is 4. The van der Waals surface area contributed by atoms with Crippen LogP contribution in [-0.2, 0) is 6.54 Å². The summed E-state index contributed by atoms with van der Waals surface area (Å²) in [5.41, 5.74) is -0.243. The summed E-state index contributed by atoms with van der Waals surface area (Å²) in [7, 11) is 0. The van der Waals surface area contributed by atoms with Crippen LogP contribution in [0, 0.1) is 5.41 Å². The fourth-order valence-electron chi connectivity index (χ4n) is 3.23. The van der Waals surface area contributed by atoms with Crippen molar-refractivity contribution in [2.24, 2.45) is 5.41 Å². The van der Waals surface area contributed by atoms with Crippen LogP contribution in [0.4, 0.5) is 0 Å². The van der Waals surface area contributed by atoms with Crippen molar-refractivity contribution in [1.82, 2.24) is 14.9 Å². The van der Waals surface area contributed by atoms with E-state index in [1.165, 1.54) is 6.07 Å². The molecular formula is C14H23N3O3. The molecule has 6 heteroatoms. The van der Waals surface area contributed by atoms with Crippen molar-refractivity contribution in [3.63, 3.8) is 0 Å². The molecule has 1 aromatic heterocycles. The molecule has 0 amide bonds. The topological polar surface area (TPSA) is 89.2 Å². The van der Waals surface area contributed by atoms with Gasteiger partial charge in [-0.05, 0) is 25.8 Å². The number of nitrogens with zero attached hydrogens (tertiary/aromatic N) is 1. The second-order valence-electron chi connectivity index (χ2n) is 5.84. The first-order chi connectivity index (χ1) is 9.57. The van der Waals surface area contributed by atoms with Crippen LogP contribution in [-0.4, -0.2) is 39.7 Å². The Morgan fingerprint density at radius 1 is 1.40 bits per heavy atom. The van der Waals surface area contributed by atoms with Crippen LogP contribution in [0.2, 0.25) is 0 Å². The lowest BCUT2D eigenvalue weighted by molar-refractivity contribution is 0.0211. The lowest BCUT2D eigenvalue weighted by Crippen LogP contribution is -2.45. The SMILES string of the molecule is CCC[C@]1(CO)CCCN(Cc2cc(=O)[nH]c(=O)[nH]2)C1. The highest BCUT2D eigenvalue weighted by atomic mass is 16.3. The molecule has 1 fully saturated rings. The molecular weight excluding hydrogens is 258 g/mol. The van der Waals surface area contributed by atoms with Gasteiger partial charge in [0.05, 0.1) is 0 Å². The number of aromatic amines is 2. The van der Waals surface area contributed by atoms with Crippen LogP contribution < -0.4 is 11.2 Å². The van der Waals surface area contributed by atoms with Crippen LogP contribution in [0.15, 0.2) is 15.7 Å². The van der Waals surface area contributed by atoms with E-state index in [1.807, 2.05) is 0 Å². The lowest BCUT2D eigenvalue weighted by Gasteiger charge is -2.41. The Hall–Kier alpha value is -1.40. The van der Waals surface area contributed by atoms with E-state index in [1.54, 1.807) is 0 Å². The Kier molecular flexibility index (Phi) is 4.77. The Morgan fingerprint density at radius 3 is 2.85 bits per heavy atom. The van der Waals surface area contributed by atoms with Gasteiger partial charge in [0.2, 0.25) is 0 Å². The van der Waals surface area contributed by atoms with E-state index >= 15 is 0 Å². The number of piperidine rings is 1. The minimum atomic E-state index is -0.466. The first kappa shape index (κ1) is 15.0. The van der Waals surface area contributed by atoms with Gasteiger partial charge in [0.1, 0.15) is 0 Å². The highest BCUT2D eigenvalue weighted by Gasteiger charge is 2.34. The Balaban J connectivity index is 2.09. The predicted octanol–water partition coefficient (Wildman–Crippen LogP) is 0.438. The molecule has 2 rings (SSSR count). The fourth-order valence-corrected chi connectivity index (χ4v) is 3.23. The molecule has 1 atom stereocenters. The van der Waals surface area contributed by atoms with E-state index in [-0.39, 0.29) is 17.6 Å². The molecule has 0 saturated carbocycles. The first-order valence-electron chi connectivity index (χ1n) is 7.23. The largest absolute Gasteiger partial charge is 0.396 e. The summed E-state index contributed by atoms with van der Waals surface area (Å²) >= 11 is 0. The summed E-state index contributed by atoms with van der Waals surface area (Å²) in [6, 6.07) is 1.43. The molecule has 1 aromatic rings. The Morgan fingerprint density at radius 2 is 2.20 bits per heavy atom. The van der Waals surface area contributed by atoms with Crippen molar-refractivity contribution in [3.8, 4) is 0 Å². The summed E-state index contributed by atoms with van der Waals surface area (Å²) in [4.78, 5) is 29.6. The molecule has 1 aliphatic rings. The Bertz CT molecular complexity index is 519. The van der Waals surface area contributed by atoms with Gasteiger partial charge in [0, 0.05) is 36.9 Å². The van der Waals surface area contributed by atoms with Crippen molar-refractivity contribution in [2.45, 2.75) is 39.2 Å². The van der Waals surface area contributed by atoms with Crippen LogP contribution in [0.3, 0.4) is 0 Å². The van der Waals surface area contributed by atoms with Gasteiger partial charge in [-0.25, -0.2) is 4.79 Å². The zero-order valence-corrected chi connectivity index (χ0v) is 11.9. The van der Waals surface area contributed by atoms with Gasteiger partial charge in [-0.3, -0.25) is 14.7 Å². The molecule has 0 aromatic carbocycles. The fraction of sp³-hybridized carbons (Fsp3) is 0.714. The van der Waals surface area contributed by atoms with Crippen molar-refractivity contribution in [2.75, 3.05) is 19.7 Å². The summed E-state index contributed by atoms with van der Waals surface area (Å²) < 4.78 is 0. The first-order valence-corrected chi connectivity index (χ1v) is 7.23. The number of hydrogen-bond donors (Lipinski definition) is 3. The number of nitrogens with one attached hydrogen (secondary N) is 2. The zero-order valence-electron chi connectivity index (χ0n) is 11.9. The minimum Gasteiger partial charge on any atom is -0.396 e. The van der Waals surface area contributed by atoms with E-state index in [0.29, 0.717) is 12.2 Å². The maximum atomic E-state index is 11.3. The van der Waals surface area contributed by atoms with E-state index < -0.39 is 5.69 Å². The summed E-state index contributed by atoms with van der Waals surface area (Å²) in [6.07, 6.45) is 4.13. The summed E-state index contributed by atoms with van der Waals surface area (Å²) in [5, 5.41) is 9.71. The number of aromatic nitrogens is 2. The van der Waals surface area contributed by atoms with Gasteiger partial charge in [-0.2, -0.15) is 0 Å². The number of likely N-dealkylation sites (tertiary alicyclic amines) is 1. The predicted molar refractivity (Wildman–Crippen MR) is 76.6 cm³/mol. The number of rotatable bonds is 5. The highest BCUT2D eigenvalue weighted by Crippen LogP contribution is 2.34. The maximum Gasteiger partial charge on any atom is 0.325 e. The van der Waals surface area contributed by atoms with E-state index in [2.05, 4.69) is 21.8 Å². The third-order valence-electron chi connectivity index (χ3n) is 4.07.